The molecule has 1 N–H and O–H groups in total. The van der Waals surface area contributed by atoms with E-state index < -0.39 is 0 Å². The van der Waals surface area contributed by atoms with Gasteiger partial charge in [0.05, 0.1) is 0 Å². The Morgan fingerprint density at radius 1 is 1.26 bits per heavy atom. The molecule has 1 aromatic carbocycles. The van der Waals surface area contributed by atoms with E-state index in [1.165, 1.54) is 11.3 Å². The van der Waals surface area contributed by atoms with Gasteiger partial charge in [-0.2, -0.15) is 0 Å². The average Bonchev–Trinajstić information content (AvgIpc) is 2.86. The predicted molar refractivity (Wildman–Crippen MR) is 78.0 cm³/mol. The predicted octanol–water partition coefficient (Wildman–Crippen LogP) is 2.42. The minimum atomic E-state index is -0.163. The normalized spacial score (nSPS) is 10.3. The number of hydrogen-bond acceptors (Lipinski definition) is 5. The molecule has 0 atom stereocenters. The second-order valence-electron chi connectivity index (χ2n) is 4.25. The lowest BCUT2D eigenvalue weighted by atomic mass is 10.2. The van der Waals surface area contributed by atoms with Gasteiger partial charge in [-0.3, -0.25) is 10.1 Å². The van der Waals surface area contributed by atoms with Crippen LogP contribution in [0.5, 0.6) is 0 Å². The monoisotopic (exact) mass is 276 g/mol. The van der Waals surface area contributed by atoms with Crippen molar-refractivity contribution >= 4 is 28.1 Å². The summed E-state index contributed by atoms with van der Waals surface area (Å²) in [6.45, 7) is 2.01. The Morgan fingerprint density at radius 2 is 1.95 bits per heavy atom. The molecule has 0 aliphatic carbocycles. The van der Waals surface area contributed by atoms with Gasteiger partial charge in [-0.1, -0.05) is 18.3 Å². The van der Waals surface area contributed by atoms with Gasteiger partial charge in [0.1, 0.15) is 5.01 Å². The van der Waals surface area contributed by atoms with E-state index in [0.29, 0.717) is 10.7 Å². The fourth-order valence-electron chi connectivity index (χ4n) is 1.53. The number of aryl methyl sites for hydroxylation is 1. The lowest BCUT2D eigenvalue weighted by Crippen LogP contribution is -2.13. The average molecular weight is 276 g/mol. The largest absolute Gasteiger partial charge is 0.378 e. The number of hydrogen-bond donors (Lipinski definition) is 1. The van der Waals surface area contributed by atoms with Crippen LogP contribution in [0.2, 0.25) is 0 Å². The number of carbonyl (C=O) groups is 1. The summed E-state index contributed by atoms with van der Waals surface area (Å²) in [7, 11) is 3.92. The molecule has 0 saturated carbocycles. The Hall–Kier alpha value is -1.95. The van der Waals surface area contributed by atoms with Gasteiger partial charge in [0.15, 0.2) is 0 Å². The van der Waals surface area contributed by atoms with Crippen LogP contribution in [0.25, 0.3) is 0 Å². The first kappa shape index (κ1) is 13.5. The molecule has 0 bridgehead atoms. The fraction of sp³-hybridized carbons (Fsp3) is 0.308. The van der Waals surface area contributed by atoms with E-state index in [-0.39, 0.29) is 5.91 Å². The zero-order valence-electron chi connectivity index (χ0n) is 11.2. The maximum Gasteiger partial charge on any atom is 0.257 e. The van der Waals surface area contributed by atoms with Gasteiger partial charge in [-0.25, -0.2) is 0 Å². The van der Waals surface area contributed by atoms with E-state index in [9.17, 15) is 4.79 Å². The SMILES string of the molecule is CCc1nnc(NC(=O)c2ccc(N(C)C)cc2)s1. The molecule has 1 aromatic heterocycles. The molecule has 0 spiro atoms. The molecule has 0 aliphatic heterocycles. The number of carbonyl (C=O) groups excluding carboxylic acids is 1. The summed E-state index contributed by atoms with van der Waals surface area (Å²) in [5.41, 5.74) is 1.67. The zero-order valence-corrected chi connectivity index (χ0v) is 12.0. The third kappa shape index (κ3) is 3.29. The number of anilines is 2. The van der Waals surface area contributed by atoms with E-state index >= 15 is 0 Å². The van der Waals surface area contributed by atoms with E-state index in [1.54, 1.807) is 12.1 Å². The summed E-state index contributed by atoms with van der Waals surface area (Å²) in [6.07, 6.45) is 0.824. The van der Waals surface area contributed by atoms with Gasteiger partial charge in [-0.05, 0) is 30.7 Å². The second kappa shape index (κ2) is 5.79. The van der Waals surface area contributed by atoms with Crippen molar-refractivity contribution in [1.82, 2.24) is 10.2 Å². The maximum absolute atomic E-state index is 12.0. The van der Waals surface area contributed by atoms with Crippen molar-refractivity contribution < 1.29 is 4.79 Å². The van der Waals surface area contributed by atoms with Crippen molar-refractivity contribution in [3.8, 4) is 0 Å². The van der Waals surface area contributed by atoms with Crippen LogP contribution in [0.1, 0.15) is 22.3 Å². The van der Waals surface area contributed by atoms with E-state index in [4.69, 9.17) is 0 Å². The molecular weight excluding hydrogens is 260 g/mol. The number of benzene rings is 1. The lowest BCUT2D eigenvalue weighted by molar-refractivity contribution is 0.102. The summed E-state index contributed by atoms with van der Waals surface area (Å²) in [5, 5.41) is 12.1. The van der Waals surface area contributed by atoms with E-state index in [2.05, 4.69) is 15.5 Å². The van der Waals surface area contributed by atoms with Crippen LogP contribution >= 0.6 is 11.3 Å². The number of nitrogens with one attached hydrogen (secondary N) is 1. The number of amides is 1. The number of aromatic nitrogens is 2. The molecule has 1 heterocycles. The van der Waals surface area contributed by atoms with Gasteiger partial charge < -0.3 is 4.90 Å². The molecule has 2 aromatic rings. The first-order chi connectivity index (χ1) is 9.10. The first-order valence-electron chi connectivity index (χ1n) is 6.01. The molecule has 19 heavy (non-hydrogen) atoms. The highest BCUT2D eigenvalue weighted by Crippen LogP contribution is 2.17. The Labute approximate surface area is 116 Å². The highest BCUT2D eigenvalue weighted by molar-refractivity contribution is 7.15. The zero-order chi connectivity index (χ0) is 13.8. The van der Waals surface area contributed by atoms with Crippen molar-refractivity contribution in [3.05, 3.63) is 34.8 Å². The minimum Gasteiger partial charge on any atom is -0.378 e. The molecule has 0 radical (unpaired) electrons. The van der Waals surface area contributed by atoms with Crippen molar-refractivity contribution in [3.63, 3.8) is 0 Å². The van der Waals surface area contributed by atoms with Crippen LogP contribution in [0.4, 0.5) is 10.8 Å². The molecule has 0 aliphatic rings. The topological polar surface area (TPSA) is 58.1 Å². The standard InChI is InChI=1S/C13H16N4OS/c1-4-11-15-16-13(19-11)14-12(18)9-5-7-10(8-6-9)17(2)3/h5-8H,4H2,1-3H3,(H,14,16,18). The van der Waals surface area contributed by atoms with Crippen LogP contribution in [-0.2, 0) is 6.42 Å². The molecule has 2 rings (SSSR count). The molecule has 0 fully saturated rings. The van der Waals surface area contributed by atoms with Gasteiger partial charge in [0.25, 0.3) is 5.91 Å². The Bertz CT molecular complexity index is 562. The molecule has 5 nitrogen and oxygen atoms in total. The quantitative estimate of drug-likeness (QED) is 0.931. The molecule has 100 valence electrons. The van der Waals surface area contributed by atoms with Gasteiger partial charge >= 0.3 is 0 Å². The van der Waals surface area contributed by atoms with Gasteiger partial charge in [0.2, 0.25) is 5.13 Å². The van der Waals surface area contributed by atoms with Gasteiger partial charge in [0, 0.05) is 25.3 Å². The number of rotatable bonds is 4. The van der Waals surface area contributed by atoms with Crippen LogP contribution in [0.3, 0.4) is 0 Å². The van der Waals surface area contributed by atoms with Crippen molar-refractivity contribution in [1.29, 1.82) is 0 Å². The highest BCUT2D eigenvalue weighted by atomic mass is 32.1. The Morgan fingerprint density at radius 3 is 2.47 bits per heavy atom. The van der Waals surface area contributed by atoms with Crippen molar-refractivity contribution in [2.75, 3.05) is 24.3 Å². The van der Waals surface area contributed by atoms with Crippen LogP contribution in [-0.4, -0.2) is 30.2 Å². The van der Waals surface area contributed by atoms with Crippen LogP contribution in [0, 0.1) is 0 Å². The minimum absolute atomic E-state index is 0.163. The third-order valence-corrected chi connectivity index (χ3v) is 3.62. The van der Waals surface area contributed by atoms with E-state index in [0.717, 1.165) is 17.1 Å². The third-order valence-electron chi connectivity index (χ3n) is 2.64. The summed E-state index contributed by atoms with van der Waals surface area (Å²) in [4.78, 5) is 14.0. The molecule has 1 amide bonds. The Balaban J connectivity index is 2.07. The van der Waals surface area contributed by atoms with Crippen molar-refractivity contribution in [2.24, 2.45) is 0 Å². The highest BCUT2D eigenvalue weighted by Gasteiger charge is 2.09. The summed E-state index contributed by atoms with van der Waals surface area (Å²) >= 11 is 1.40. The molecular formula is C13H16N4OS. The fourth-order valence-corrected chi connectivity index (χ4v) is 2.20. The summed E-state index contributed by atoms with van der Waals surface area (Å²) in [5.74, 6) is -0.163. The smallest absolute Gasteiger partial charge is 0.257 e. The van der Waals surface area contributed by atoms with Crippen molar-refractivity contribution in [2.45, 2.75) is 13.3 Å². The maximum atomic E-state index is 12.0. The summed E-state index contributed by atoms with van der Waals surface area (Å²) < 4.78 is 0. The molecule has 6 heteroatoms. The van der Waals surface area contributed by atoms with Gasteiger partial charge in [-0.15, -0.1) is 10.2 Å². The van der Waals surface area contributed by atoms with Crippen LogP contribution < -0.4 is 10.2 Å². The molecule has 0 saturated heterocycles. The van der Waals surface area contributed by atoms with E-state index in [1.807, 2.05) is 38.1 Å². The first-order valence-corrected chi connectivity index (χ1v) is 6.83. The molecule has 0 unspecified atom stereocenters. The van der Waals surface area contributed by atoms with Crippen LogP contribution in [0.15, 0.2) is 24.3 Å². The second-order valence-corrected chi connectivity index (χ2v) is 5.31. The lowest BCUT2D eigenvalue weighted by Gasteiger charge is -2.12. The Kier molecular flexibility index (Phi) is 4.11. The number of nitrogens with zero attached hydrogens (tertiary/aromatic N) is 3. The summed E-state index contributed by atoms with van der Waals surface area (Å²) in [6, 6.07) is 7.41.